The molecule has 1 saturated carbocycles. The molecule has 1 N–H and O–H groups in total. The topological polar surface area (TPSA) is 51.2 Å². The molecule has 26 heavy (non-hydrogen) atoms. The Bertz CT molecular complexity index is 713. The van der Waals surface area contributed by atoms with Gasteiger partial charge in [0.05, 0.1) is 17.9 Å². The Morgan fingerprint density at radius 2 is 1.96 bits per heavy atom. The van der Waals surface area contributed by atoms with Crippen LogP contribution in [0.1, 0.15) is 50.9 Å². The minimum Gasteiger partial charge on any atom is -0.487 e. The zero-order chi connectivity index (χ0) is 18.5. The lowest BCUT2D eigenvalue weighted by Gasteiger charge is -2.14. The summed E-state index contributed by atoms with van der Waals surface area (Å²) >= 11 is 0. The summed E-state index contributed by atoms with van der Waals surface area (Å²) in [5, 5.41) is 3.10. The van der Waals surface area contributed by atoms with Crippen molar-refractivity contribution in [2.45, 2.75) is 46.3 Å². The zero-order valence-electron chi connectivity index (χ0n) is 15.8. The van der Waals surface area contributed by atoms with Crippen LogP contribution in [0, 0.1) is 17.8 Å². The summed E-state index contributed by atoms with van der Waals surface area (Å²) in [6.45, 7) is 6.92. The van der Waals surface area contributed by atoms with E-state index in [0.717, 1.165) is 29.8 Å². The molecule has 1 fully saturated rings. The number of carbonyl (C=O) groups excluding carboxylic acids is 1. The van der Waals surface area contributed by atoms with E-state index in [0.29, 0.717) is 18.4 Å². The van der Waals surface area contributed by atoms with Crippen molar-refractivity contribution < 1.29 is 9.53 Å². The van der Waals surface area contributed by atoms with Crippen LogP contribution in [0.3, 0.4) is 0 Å². The van der Waals surface area contributed by atoms with Gasteiger partial charge in [-0.05, 0) is 49.3 Å². The quantitative estimate of drug-likeness (QED) is 0.760. The monoisotopic (exact) mass is 352 g/mol. The summed E-state index contributed by atoms with van der Waals surface area (Å²) in [4.78, 5) is 16.8. The van der Waals surface area contributed by atoms with Crippen molar-refractivity contribution in [3.63, 3.8) is 0 Å². The van der Waals surface area contributed by atoms with Gasteiger partial charge in [-0.3, -0.25) is 9.78 Å². The van der Waals surface area contributed by atoms with Crippen molar-refractivity contribution in [2.75, 3.05) is 0 Å². The molecule has 1 aromatic heterocycles. The molecular weight excluding hydrogens is 324 g/mol. The maximum Gasteiger partial charge on any atom is 0.223 e. The van der Waals surface area contributed by atoms with E-state index in [9.17, 15) is 4.79 Å². The summed E-state index contributed by atoms with van der Waals surface area (Å²) in [5.41, 5.74) is 1.98. The zero-order valence-corrected chi connectivity index (χ0v) is 15.8. The fraction of sp³-hybridized carbons (Fsp3) is 0.455. The normalized spacial score (nSPS) is 19.8. The predicted octanol–water partition coefficient (Wildman–Crippen LogP) is 4.52. The lowest BCUT2D eigenvalue weighted by Crippen LogP contribution is -2.29. The Balaban J connectivity index is 1.48. The lowest BCUT2D eigenvalue weighted by molar-refractivity contribution is -0.123. The molecule has 2 aromatic rings. The third-order valence-electron chi connectivity index (χ3n) is 4.84. The minimum absolute atomic E-state index is 0.0917. The second kappa shape index (κ2) is 8.35. The first kappa shape index (κ1) is 18.4. The van der Waals surface area contributed by atoms with Crippen LogP contribution in [0.5, 0.6) is 5.75 Å². The van der Waals surface area contributed by atoms with Crippen molar-refractivity contribution in [3.8, 4) is 5.75 Å². The third kappa shape index (κ3) is 5.07. The van der Waals surface area contributed by atoms with E-state index in [1.807, 2.05) is 49.4 Å². The van der Waals surface area contributed by atoms with E-state index >= 15 is 0 Å². The molecule has 138 valence electrons. The van der Waals surface area contributed by atoms with Gasteiger partial charge in [-0.1, -0.05) is 44.2 Å². The Labute approximate surface area is 156 Å². The number of amides is 1. The van der Waals surface area contributed by atoms with E-state index in [-0.39, 0.29) is 17.9 Å². The Morgan fingerprint density at radius 3 is 2.62 bits per heavy atom. The molecule has 1 heterocycles. The molecule has 0 radical (unpaired) electrons. The molecule has 1 aromatic carbocycles. The van der Waals surface area contributed by atoms with Crippen LogP contribution < -0.4 is 10.1 Å². The van der Waals surface area contributed by atoms with E-state index in [4.69, 9.17) is 4.74 Å². The molecule has 0 aliphatic heterocycles. The van der Waals surface area contributed by atoms with Crippen molar-refractivity contribution >= 4 is 5.91 Å². The van der Waals surface area contributed by atoms with Gasteiger partial charge in [0.1, 0.15) is 12.4 Å². The van der Waals surface area contributed by atoms with Crippen LogP contribution in [0.2, 0.25) is 0 Å². The Morgan fingerprint density at radius 1 is 1.19 bits per heavy atom. The number of nitrogens with one attached hydrogen (secondary N) is 1. The van der Waals surface area contributed by atoms with Crippen LogP contribution in [0.25, 0.3) is 0 Å². The summed E-state index contributed by atoms with van der Waals surface area (Å²) in [6.07, 6.45) is 3.88. The number of pyridine rings is 1. The predicted molar refractivity (Wildman–Crippen MR) is 103 cm³/mol. The second-order valence-corrected chi connectivity index (χ2v) is 7.66. The molecular formula is C22H28N2O2. The molecule has 0 saturated heterocycles. The average molecular weight is 352 g/mol. The molecule has 0 spiro atoms. The lowest BCUT2D eigenvalue weighted by atomic mass is 10.1. The number of carbonyl (C=O) groups is 1. The van der Waals surface area contributed by atoms with E-state index < -0.39 is 0 Å². The summed E-state index contributed by atoms with van der Waals surface area (Å²) in [5.74, 6) is 2.29. The number of aromatic nitrogens is 1. The molecule has 0 bridgehead atoms. The number of benzene rings is 1. The smallest absolute Gasteiger partial charge is 0.223 e. The fourth-order valence-electron chi connectivity index (χ4n) is 3.30. The van der Waals surface area contributed by atoms with Gasteiger partial charge in [0, 0.05) is 5.92 Å². The molecule has 3 rings (SSSR count). The van der Waals surface area contributed by atoms with Gasteiger partial charge in [0.2, 0.25) is 5.91 Å². The first-order valence-electron chi connectivity index (χ1n) is 9.46. The van der Waals surface area contributed by atoms with Gasteiger partial charge in [0.25, 0.3) is 0 Å². The summed E-state index contributed by atoms with van der Waals surface area (Å²) in [7, 11) is 0. The van der Waals surface area contributed by atoms with Crippen LogP contribution in [0.15, 0.2) is 48.7 Å². The van der Waals surface area contributed by atoms with Crippen LogP contribution >= 0.6 is 0 Å². The van der Waals surface area contributed by atoms with Crippen molar-refractivity contribution in [1.29, 1.82) is 0 Å². The Hall–Kier alpha value is -2.36. The van der Waals surface area contributed by atoms with Crippen LogP contribution in [-0.2, 0) is 11.4 Å². The summed E-state index contributed by atoms with van der Waals surface area (Å²) < 4.78 is 5.76. The number of nitrogens with zero attached hydrogens (tertiary/aromatic N) is 1. The van der Waals surface area contributed by atoms with Gasteiger partial charge in [0.15, 0.2) is 0 Å². The largest absolute Gasteiger partial charge is 0.487 e. The molecule has 4 heteroatoms. The first-order chi connectivity index (χ1) is 12.5. The Kier molecular flexibility index (Phi) is 5.92. The molecule has 2 unspecified atom stereocenters. The van der Waals surface area contributed by atoms with Gasteiger partial charge in [-0.25, -0.2) is 0 Å². The molecule has 3 atom stereocenters. The van der Waals surface area contributed by atoms with Gasteiger partial charge >= 0.3 is 0 Å². The van der Waals surface area contributed by atoms with Gasteiger partial charge in [-0.2, -0.15) is 0 Å². The van der Waals surface area contributed by atoms with Gasteiger partial charge in [-0.15, -0.1) is 0 Å². The molecule has 4 nitrogen and oxygen atoms in total. The molecule has 1 aliphatic rings. The van der Waals surface area contributed by atoms with Crippen molar-refractivity contribution in [1.82, 2.24) is 10.3 Å². The van der Waals surface area contributed by atoms with Gasteiger partial charge < -0.3 is 10.1 Å². The highest BCUT2D eigenvalue weighted by Gasteiger charge is 2.43. The van der Waals surface area contributed by atoms with Crippen molar-refractivity contribution in [3.05, 3.63) is 59.9 Å². The number of ether oxygens (including phenoxy) is 1. The van der Waals surface area contributed by atoms with E-state index in [1.54, 1.807) is 6.20 Å². The molecule has 1 aliphatic carbocycles. The SMILES string of the molecule is CC(C)CC1CC1C(=O)N[C@H](C)c1ccc(OCc2ccccc2)cn1. The first-order valence-corrected chi connectivity index (χ1v) is 9.46. The third-order valence-corrected chi connectivity index (χ3v) is 4.84. The molecule has 1 amide bonds. The number of hydrogen-bond donors (Lipinski definition) is 1. The minimum atomic E-state index is -0.0917. The van der Waals surface area contributed by atoms with Crippen LogP contribution in [-0.4, -0.2) is 10.9 Å². The fourth-order valence-corrected chi connectivity index (χ4v) is 3.30. The van der Waals surface area contributed by atoms with E-state index in [2.05, 4.69) is 24.1 Å². The standard InChI is InChI=1S/C22H28N2O2/c1-15(2)11-18-12-20(18)22(25)24-16(3)21-10-9-19(13-23-21)26-14-17-7-5-4-6-8-17/h4-10,13,15-16,18,20H,11-12,14H2,1-3H3,(H,24,25)/t16-,18?,20?/m1/s1. The maximum atomic E-state index is 12.3. The summed E-state index contributed by atoms with van der Waals surface area (Å²) in [6, 6.07) is 13.8. The number of hydrogen-bond acceptors (Lipinski definition) is 3. The average Bonchev–Trinajstić information content (AvgIpc) is 3.39. The second-order valence-electron chi connectivity index (χ2n) is 7.66. The van der Waals surface area contributed by atoms with E-state index in [1.165, 1.54) is 0 Å². The van der Waals surface area contributed by atoms with Crippen LogP contribution in [0.4, 0.5) is 0 Å². The highest BCUT2D eigenvalue weighted by atomic mass is 16.5. The number of rotatable bonds is 8. The van der Waals surface area contributed by atoms with Crippen molar-refractivity contribution in [2.24, 2.45) is 17.8 Å². The highest BCUT2D eigenvalue weighted by molar-refractivity contribution is 5.81. The maximum absolute atomic E-state index is 12.3. The highest BCUT2D eigenvalue weighted by Crippen LogP contribution is 2.43.